The van der Waals surface area contributed by atoms with Crippen LogP contribution < -0.4 is 10.0 Å². The van der Waals surface area contributed by atoms with E-state index in [1.54, 1.807) is 12.1 Å². The van der Waals surface area contributed by atoms with Crippen molar-refractivity contribution >= 4 is 27.3 Å². The molecule has 0 spiro atoms. The van der Waals surface area contributed by atoms with Gasteiger partial charge in [0.15, 0.2) is 0 Å². The van der Waals surface area contributed by atoms with Gasteiger partial charge in [0.25, 0.3) is 15.9 Å². The van der Waals surface area contributed by atoms with E-state index >= 15 is 0 Å². The number of benzene rings is 3. The van der Waals surface area contributed by atoms with Crippen molar-refractivity contribution in [3.63, 3.8) is 0 Å². The number of rotatable bonds is 5. The topological polar surface area (TPSA) is 75.3 Å². The number of carbonyl (C=O) groups excluding carboxylic acids is 1. The van der Waals surface area contributed by atoms with Crippen molar-refractivity contribution in [3.8, 4) is 0 Å². The van der Waals surface area contributed by atoms with E-state index in [4.69, 9.17) is 0 Å². The molecule has 0 saturated carbocycles. The van der Waals surface area contributed by atoms with Crippen LogP contribution in [0, 0.1) is 19.7 Å². The summed E-state index contributed by atoms with van der Waals surface area (Å²) in [5.74, 6) is -1.08. The standard InChI is InChI=1S/C21H19FN2O3S/c1-14-7-8-15(2)20(13-14)24-28(26,27)17-11-9-16(10-12-17)21(25)23-19-6-4-3-5-18(19)22/h3-13,24H,1-2H3,(H,23,25). The third kappa shape index (κ3) is 4.37. The number of para-hydroxylation sites is 1. The number of anilines is 2. The number of carbonyl (C=O) groups is 1. The Hall–Kier alpha value is -3.19. The molecule has 3 aromatic carbocycles. The van der Waals surface area contributed by atoms with Crippen molar-refractivity contribution in [1.29, 1.82) is 0 Å². The minimum absolute atomic E-state index is 0.0239. The summed E-state index contributed by atoms with van der Waals surface area (Å²) < 4.78 is 41.5. The molecule has 7 heteroatoms. The third-order valence-electron chi connectivity index (χ3n) is 4.19. The molecular formula is C21H19FN2O3S. The number of amides is 1. The van der Waals surface area contributed by atoms with Crippen LogP contribution in [0.5, 0.6) is 0 Å². The lowest BCUT2D eigenvalue weighted by molar-refractivity contribution is 0.102. The zero-order valence-corrected chi connectivity index (χ0v) is 16.2. The van der Waals surface area contributed by atoms with E-state index in [0.717, 1.165) is 11.1 Å². The van der Waals surface area contributed by atoms with Gasteiger partial charge >= 0.3 is 0 Å². The maximum Gasteiger partial charge on any atom is 0.261 e. The van der Waals surface area contributed by atoms with Crippen LogP contribution >= 0.6 is 0 Å². The van der Waals surface area contributed by atoms with E-state index in [9.17, 15) is 17.6 Å². The van der Waals surface area contributed by atoms with Gasteiger partial charge in [-0.3, -0.25) is 9.52 Å². The van der Waals surface area contributed by atoms with Crippen molar-refractivity contribution in [3.05, 3.63) is 89.2 Å². The summed E-state index contributed by atoms with van der Waals surface area (Å²) in [5.41, 5.74) is 2.51. The minimum Gasteiger partial charge on any atom is -0.319 e. The maximum absolute atomic E-state index is 13.7. The predicted molar refractivity (Wildman–Crippen MR) is 108 cm³/mol. The molecule has 0 bridgehead atoms. The number of sulfonamides is 1. The summed E-state index contributed by atoms with van der Waals surface area (Å²) in [4.78, 5) is 12.3. The summed E-state index contributed by atoms with van der Waals surface area (Å²) in [6, 6.07) is 16.7. The highest BCUT2D eigenvalue weighted by molar-refractivity contribution is 7.92. The average molecular weight is 398 g/mol. The molecule has 0 atom stereocenters. The Morgan fingerprint density at radius 2 is 1.57 bits per heavy atom. The van der Waals surface area contributed by atoms with Crippen molar-refractivity contribution in [2.24, 2.45) is 0 Å². The lowest BCUT2D eigenvalue weighted by atomic mass is 10.1. The molecule has 0 aliphatic heterocycles. The first-order valence-corrected chi connectivity index (χ1v) is 10.0. The maximum atomic E-state index is 13.7. The van der Waals surface area contributed by atoms with Crippen LogP contribution in [0.1, 0.15) is 21.5 Å². The van der Waals surface area contributed by atoms with Gasteiger partial charge in [0.2, 0.25) is 0 Å². The molecule has 0 aliphatic carbocycles. The first kappa shape index (κ1) is 19.6. The highest BCUT2D eigenvalue weighted by Crippen LogP contribution is 2.22. The van der Waals surface area contributed by atoms with Crippen molar-refractivity contribution in [2.75, 3.05) is 10.0 Å². The Morgan fingerprint density at radius 1 is 0.893 bits per heavy atom. The summed E-state index contributed by atoms with van der Waals surface area (Å²) in [6.07, 6.45) is 0. The van der Waals surface area contributed by atoms with E-state index in [1.807, 2.05) is 26.0 Å². The summed E-state index contributed by atoms with van der Waals surface area (Å²) in [7, 11) is -3.80. The number of hydrogen-bond donors (Lipinski definition) is 2. The summed E-state index contributed by atoms with van der Waals surface area (Å²) in [5, 5.41) is 2.46. The smallest absolute Gasteiger partial charge is 0.261 e. The fourth-order valence-corrected chi connectivity index (χ4v) is 3.71. The van der Waals surface area contributed by atoms with E-state index in [1.165, 1.54) is 42.5 Å². The first-order chi connectivity index (χ1) is 13.3. The molecule has 0 saturated heterocycles. The predicted octanol–water partition coefficient (Wildman–Crippen LogP) is 4.50. The molecule has 28 heavy (non-hydrogen) atoms. The fraction of sp³-hybridized carbons (Fsp3) is 0.0952. The van der Waals surface area contributed by atoms with Crippen LogP contribution in [0.4, 0.5) is 15.8 Å². The average Bonchev–Trinajstić information content (AvgIpc) is 2.66. The molecule has 0 radical (unpaired) electrons. The van der Waals surface area contributed by atoms with E-state index < -0.39 is 21.7 Å². The van der Waals surface area contributed by atoms with Crippen molar-refractivity contribution < 1.29 is 17.6 Å². The van der Waals surface area contributed by atoms with Crippen LogP contribution in [0.15, 0.2) is 71.6 Å². The van der Waals surface area contributed by atoms with Crippen LogP contribution in [0.2, 0.25) is 0 Å². The Balaban J connectivity index is 1.78. The molecule has 0 heterocycles. The molecule has 0 aliphatic rings. The number of aryl methyl sites for hydroxylation is 2. The highest BCUT2D eigenvalue weighted by atomic mass is 32.2. The normalized spacial score (nSPS) is 11.1. The Kier molecular flexibility index (Phi) is 5.46. The molecule has 3 aromatic rings. The second-order valence-corrected chi connectivity index (χ2v) is 8.06. The van der Waals surface area contributed by atoms with Crippen LogP contribution in [0.25, 0.3) is 0 Å². The summed E-state index contributed by atoms with van der Waals surface area (Å²) in [6.45, 7) is 3.69. The second-order valence-electron chi connectivity index (χ2n) is 6.38. The first-order valence-electron chi connectivity index (χ1n) is 8.52. The van der Waals surface area contributed by atoms with Crippen LogP contribution in [-0.4, -0.2) is 14.3 Å². The van der Waals surface area contributed by atoms with Crippen LogP contribution in [0.3, 0.4) is 0 Å². The largest absolute Gasteiger partial charge is 0.319 e. The number of hydrogen-bond acceptors (Lipinski definition) is 3. The second kappa shape index (κ2) is 7.82. The summed E-state index contributed by atoms with van der Waals surface area (Å²) >= 11 is 0. The van der Waals surface area contributed by atoms with Gasteiger partial charge in [-0.25, -0.2) is 12.8 Å². The van der Waals surface area contributed by atoms with Crippen LogP contribution in [-0.2, 0) is 10.0 Å². The molecule has 3 rings (SSSR count). The number of nitrogens with one attached hydrogen (secondary N) is 2. The molecule has 144 valence electrons. The quantitative estimate of drug-likeness (QED) is 0.665. The van der Waals surface area contributed by atoms with E-state index in [2.05, 4.69) is 10.0 Å². The van der Waals surface area contributed by atoms with Crippen molar-refractivity contribution in [2.45, 2.75) is 18.7 Å². The third-order valence-corrected chi connectivity index (χ3v) is 5.57. The molecule has 1 amide bonds. The lowest BCUT2D eigenvalue weighted by Crippen LogP contribution is -2.15. The lowest BCUT2D eigenvalue weighted by Gasteiger charge is -2.12. The van der Waals surface area contributed by atoms with Gasteiger partial charge in [0.1, 0.15) is 5.82 Å². The van der Waals surface area contributed by atoms with Crippen molar-refractivity contribution in [1.82, 2.24) is 0 Å². The van der Waals surface area contributed by atoms with Gasteiger partial charge in [-0.15, -0.1) is 0 Å². The molecule has 5 nitrogen and oxygen atoms in total. The fourth-order valence-electron chi connectivity index (χ4n) is 2.59. The monoisotopic (exact) mass is 398 g/mol. The molecule has 0 aromatic heterocycles. The van der Waals surface area contributed by atoms with Gasteiger partial charge in [0, 0.05) is 5.56 Å². The highest BCUT2D eigenvalue weighted by Gasteiger charge is 2.17. The Bertz CT molecular complexity index is 1130. The Labute approximate surface area is 163 Å². The van der Waals surface area contributed by atoms with Gasteiger partial charge in [0.05, 0.1) is 16.3 Å². The van der Waals surface area contributed by atoms with Gasteiger partial charge in [-0.2, -0.15) is 0 Å². The molecular weight excluding hydrogens is 379 g/mol. The van der Waals surface area contributed by atoms with Gasteiger partial charge in [-0.05, 0) is 67.4 Å². The van der Waals surface area contributed by atoms with Gasteiger partial charge in [-0.1, -0.05) is 24.3 Å². The van der Waals surface area contributed by atoms with E-state index in [-0.39, 0.29) is 16.1 Å². The zero-order chi connectivity index (χ0) is 20.3. The molecule has 0 unspecified atom stereocenters. The Morgan fingerprint density at radius 3 is 2.25 bits per heavy atom. The van der Waals surface area contributed by atoms with E-state index in [0.29, 0.717) is 5.69 Å². The SMILES string of the molecule is Cc1ccc(C)c(NS(=O)(=O)c2ccc(C(=O)Nc3ccccc3F)cc2)c1. The number of halogens is 1. The minimum atomic E-state index is -3.80. The molecule has 2 N–H and O–H groups in total. The molecule has 0 fully saturated rings. The van der Waals surface area contributed by atoms with Gasteiger partial charge < -0.3 is 5.32 Å². The zero-order valence-electron chi connectivity index (χ0n) is 15.4.